The second-order valence-electron chi connectivity index (χ2n) is 3.99. The van der Waals surface area contributed by atoms with E-state index in [1.54, 1.807) is 18.3 Å². The molecule has 0 aliphatic rings. The summed E-state index contributed by atoms with van der Waals surface area (Å²) in [6, 6.07) is 5.67. The summed E-state index contributed by atoms with van der Waals surface area (Å²) in [7, 11) is 0. The average molecular weight is 231 g/mol. The van der Waals surface area contributed by atoms with Gasteiger partial charge in [-0.3, -0.25) is 9.78 Å². The van der Waals surface area contributed by atoms with E-state index in [2.05, 4.69) is 16.4 Å². The molecule has 0 aliphatic heterocycles. The zero-order chi connectivity index (χ0) is 12.9. The van der Waals surface area contributed by atoms with Crippen molar-refractivity contribution < 1.29 is 4.79 Å². The average Bonchev–Trinajstić information content (AvgIpc) is 2.35. The Morgan fingerprint density at radius 1 is 1.53 bits per heavy atom. The van der Waals surface area contributed by atoms with E-state index in [4.69, 9.17) is 5.26 Å². The standard InChI is InChI=1S/C13H17N3O/c1-4-13(5-2,9-14)12(17)16-11-7-6-8-15-10(11)3/h6-8H,4-5H2,1-3H3,(H,16,17). The first-order chi connectivity index (χ1) is 8.09. The van der Waals surface area contributed by atoms with Gasteiger partial charge in [0.15, 0.2) is 0 Å². The quantitative estimate of drug-likeness (QED) is 0.866. The monoisotopic (exact) mass is 231 g/mol. The number of amides is 1. The van der Waals surface area contributed by atoms with Crippen LogP contribution >= 0.6 is 0 Å². The predicted octanol–water partition coefficient (Wildman–Crippen LogP) is 2.66. The zero-order valence-electron chi connectivity index (χ0n) is 10.4. The van der Waals surface area contributed by atoms with Gasteiger partial charge in [-0.2, -0.15) is 5.26 Å². The molecule has 0 fully saturated rings. The number of aromatic nitrogens is 1. The van der Waals surface area contributed by atoms with E-state index in [-0.39, 0.29) is 5.91 Å². The van der Waals surface area contributed by atoms with Gasteiger partial charge in [-0.15, -0.1) is 0 Å². The molecule has 0 radical (unpaired) electrons. The molecule has 1 N–H and O–H groups in total. The van der Waals surface area contributed by atoms with Gasteiger partial charge in [0, 0.05) is 6.20 Å². The molecule has 0 spiro atoms. The van der Waals surface area contributed by atoms with Gasteiger partial charge in [0.1, 0.15) is 5.41 Å². The number of nitrogens with zero attached hydrogens (tertiary/aromatic N) is 2. The Morgan fingerprint density at radius 2 is 2.18 bits per heavy atom. The highest BCUT2D eigenvalue weighted by Gasteiger charge is 2.35. The molecule has 0 unspecified atom stereocenters. The van der Waals surface area contributed by atoms with Crippen LogP contribution in [-0.2, 0) is 4.79 Å². The number of pyridine rings is 1. The minimum Gasteiger partial charge on any atom is -0.323 e. The van der Waals surface area contributed by atoms with Gasteiger partial charge in [0.25, 0.3) is 0 Å². The Morgan fingerprint density at radius 3 is 2.65 bits per heavy atom. The molecule has 0 atom stereocenters. The van der Waals surface area contributed by atoms with Crippen LogP contribution in [0.2, 0.25) is 0 Å². The number of hydrogen-bond acceptors (Lipinski definition) is 3. The van der Waals surface area contributed by atoms with Crippen LogP contribution in [-0.4, -0.2) is 10.9 Å². The van der Waals surface area contributed by atoms with Gasteiger partial charge >= 0.3 is 0 Å². The topological polar surface area (TPSA) is 65.8 Å². The van der Waals surface area contributed by atoms with Crippen molar-refractivity contribution in [3.8, 4) is 6.07 Å². The number of nitriles is 1. The molecule has 0 aliphatic carbocycles. The van der Waals surface area contributed by atoms with Gasteiger partial charge in [-0.1, -0.05) is 13.8 Å². The molecule has 0 aromatic carbocycles. The molecule has 0 saturated carbocycles. The van der Waals surface area contributed by atoms with Crippen LogP contribution in [0, 0.1) is 23.7 Å². The summed E-state index contributed by atoms with van der Waals surface area (Å²) in [5.41, 5.74) is 0.473. The summed E-state index contributed by atoms with van der Waals surface area (Å²) < 4.78 is 0. The maximum atomic E-state index is 12.1. The van der Waals surface area contributed by atoms with Gasteiger partial charge in [-0.25, -0.2) is 0 Å². The minimum absolute atomic E-state index is 0.249. The maximum Gasteiger partial charge on any atom is 0.244 e. The molecule has 4 heteroatoms. The smallest absolute Gasteiger partial charge is 0.244 e. The molecule has 1 aromatic rings. The summed E-state index contributed by atoms with van der Waals surface area (Å²) in [5.74, 6) is -0.249. The van der Waals surface area contributed by atoms with Crippen LogP contribution in [0.5, 0.6) is 0 Å². The fraction of sp³-hybridized carbons (Fsp3) is 0.462. The number of rotatable bonds is 4. The summed E-state index contributed by atoms with van der Waals surface area (Å²) in [6.07, 6.45) is 2.68. The first-order valence-corrected chi connectivity index (χ1v) is 5.74. The van der Waals surface area contributed by atoms with E-state index < -0.39 is 5.41 Å². The third-order valence-corrected chi connectivity index (χ3v) is 3.11. The lowest BCUT2D eigenvalue weighted by Gasteiger charge is -2.22. The lowest BCUT2D eigenvalue weighted by molar-refractivity contribution is -0.123. The third-order valence-electron chi connectivity index (χ3n) is 3.11. The maximum absolute atomic E-state index is 12.1. The molecule has 1 heterocycles. The van der Waals surface area contributed by atoms with Crippen molar-refractivity contribution >= 4 is 11.6 Å². The highest BCUT2D eigenvalue weighted by atomic mass is 16.2. The minimum atomic E-state index is -0.942. The van der Waals surface area contributed by atoms with Crippen molar-refractivity contribution in [2.75, 3.05) is 5.32 Å². The predicted molar refractivity (Wildman–Crippen MR) is 66.2 cm³/mol. The van der Waals surface area contributed by atoms with Gasteiger partial charge in [-0.05, 0) is 31.9 Å². The molecular weight excluding hydrogens is 214 g/mol. The Hall–Kier alpha value is -1.89. The molecule has 0 saturated heterocycles. The van der Waals surface area contributed by atoms with E-state index in [0.29, 0.717) is 18.5 Å². The zero-order valence-corrected chi connectivity index (χ0v) is 10.4. The number of aryl methyl sites for hydroxylation is 1. The highest BCUT2D eigenvalue weighted by molar-refractivity contribution is 5.97. The lowest BCUT2D eigenvalue weighted by Crippen LogP contribution is -2.34. The first kappa shape index (κ1) is 13.2. The number of nitrogens with one attached hydrogen (secondary N) is 1. The van der Waals surface area contributed by atoms with Crippen molar-refractivity contribution in [3.05, 3.63) is 24.0 Å². The van der Waals surface area contributed by atoms with Crippen molar-refractivity contribution in [1.82, 2.24) is 4.98 Å². The van der Waals surface area contributed by atoms with E-state index in [0.717, 1.165) is 5.69 Å². The molecule has 1 amide bonds. The number of carbonyl (C=O) groups is 1. The molecule has 4 nitrogen and oxygen atoms in total. The second kappa shape index (κ2) is 5.44. The normalized spacial score (nSPS) is 10.7. The van der Waals surface area contributed by atoms with E-state index in [1.165, 1.54) is 0 Å². The van der Waals surface area contributed by atoms with Gasteiger partial charge in [0.2, 0.25) is 5.91 Å². The number of carbonyl (C=O) groups excluding carboxylic acids is 1. The third kappa shape index (κ3) is 2.62. The summed E-state index contributed by atoms with van der Waals surface area (Å²) in [6.45, 7) is 5.52. The second-order valence-corrected chi connectivity index (χ2v) is 3.99. The van der Waals surface area contributed by atoms with Crippen LogP contribution in [0.15, 0.2) is 18.3 Å². The summed E-state index contributed by atoms with van der Waals surface area (Å²) in [4.78, 5) is 16.2. The number of anilines is 1. The molecular formula is C13H17N3O. The van der Waals surface area contributed by atoms with Crippen LogP contribution < -0.4 is 5.32 Å². The Labute approximate surface area is 102 Å². The van der Waals surface area contributed by atoms with Crippen molar-refractivity contribution in [2.24, 2.45) is 5.41 Å². The lowest BCUT2D eigenvalue weighted by atomic mass is 9.83. The Kier molecular flexibility index (Phi) is 4.22. The molecule has 90 valence electrons. The molecule has 17 heavy (non-hydrogen) atoms. The number of hydrogen-bond donors (Lipinski definition) is 1. The van der Waals surface area contributed by atoms with Crippen molar-refractivity contribution in [1.29, 1.82) is 5.26 Å². The summed E-state index contributed by atoms with van der Waals surface area (Å²) >= 11 is 0. The summed E-state index contributed by atoms with van der Waals surface area (Å²) in [5, 5.41) is 11.9. The highest BCUT2D eigenvalue weighted by Crippen LogP contribution is 2.27. The van der Waals surface area contributed by atoms with Gasteiger partial charge in [0.05, 0.1) is 17.5 Å². The van der Waals surface area contributed by atoms with E-state index in [1.807, 2.05) is 20.8 Å². The molecule has 1 rings (SSSR count). The molecule has 1 aromatic heterocycles. The Balaban J connectivity index is 2.93. The first-order valence-electron chi connectivity index (χ1n) is 5.74. The SMILES string of the molecule is CCC(C#N)(CC)C(=O)Nc1cccnc1C. The molecule has 0 bridgehead atoms. The Bertz CT molecular complexity index is 444. The fourth-order valence-electron chi connectivity index (χ4n) is 1.64. The van der Waals surface area contributed by atoms with Crippen LogP contribution in [0.1, 0.15) is 32.4 Å². The van der Waals surface area contributed by atoms with Crippen molar-refractivity contribution in [3.63, 3.8) is 0 Å². The van der Waals surface area contributed by atoms with Crippen LogP contribution in [0.3, 0.4) is 0 Å². The van der Waals surface area contributed by atoms with Crippen molar-refractivity contribution in [2.45, 2.75) is 33.6 Å². The van der Waals surface area contributed by atoms with E-state index in [9.17, 15) is 4.79 Å². The van der Waals surface area contributed by atoms with Gasteiger partial charge < -0.3 is 5.32 Å². The van der Waals surface area contributed by atoms with Crippen LogP contribution in [0.25, 0.3) is 0 Å². The fourth-order valence-corrected chi connectivity index (χ4v) is 1.64. The van der Waals surface area contributed by atoms with E-state index >= 15 is 0 Å². The van der Waals surface area contributed by atoms with Crippen LogP contribution in [0.4, 0.5) is 5.69 Å². The largest absolute Gasteiger partial charge is 0.323 e.